The van der Waals surface area contributed by atoms with Gasteiger partial charge in [0.1, 0.15) is 5.82 Å². The Bertz CT molecular complexity index is 838. The first-order valence-corrected chi connectivity index (χ1v) is 9.17. The Morgan fingerprint density at radius 1 is 1.27 bits per heavy atom. The van der Waals surface area contributed by atoms with Crippen molar-refractivity contribution in [1.82, 2.24) is 5.32 Å². The van der Waals surface area contributed by atoms with Gasteiger partial charge in [0.2, 0.25) is 0 Å². The van der Waals surface area contributed by atoms with Crippen LogP contribution in [-0.2, 0) is 6.42 Å². The fourth-order valence-corrected chi connectivity index (χ4v) is 3.97. The summed E-state index contributed by atoms with van der Waals surface area (Å²) in [6.45, 7) is 5.95. The number of benzene rings is 2. The van der Waals surface area contributed by atoms with E-state index in [1.54, 1.807) is 6.07 Å². The highest BCUT2D eigenvalue weighted by atomic mass is 19.1. The topological polar surface area (TPSA) is 38.0 Å². The molecule has 0 bridgehead atoms. The average molecular weight is 350 g/mol. The molecule has 3 heteroatoms. The van der Waals surface area contributed by atoms with E-state index >= 15 is 0 Å². The Balaban J connectivity index is 1.94. The van der Waals surface area contributed by atoms with Crippen molar-refractivity contribution in [2.45, 2.75) is 32.2 Å². The lowest BCUT2D eigenvalue weighted by atomic mass is 9.78. The van der Waals surface area contributed by atoms with Gasteiger partial charge in [-0.1, -0.05) is 48.6 Å². The monoisotopic (exact) mass is 350 g/mol. The fourth-order valence-electron chi connectivity index (χ4n) is 3.97. The predicted molar refractivity (Wildman–Crippen MR) is 107 cm³/mol. The maximum Gasteiger partial charge on any atom is 0.131 e. The minimum atomic E-state index is -0.186. The van der Waals surface area contributed by atoms with Crippen LogP contribution in [0, 0.1) is 18.7 Å². The molecular formula is C23H27FN2. The quantitative estimate of drug-likeness (QED) is 0.817. The van der Waals surface area contributed by atoms with Crippen molar-refractivity contribution >= 4 is 0 Å². The smallest absolute Gasteiger partial charge is 0.131 e. The zero-order valence-electron chi connectivity index (χ0n) is 15.6. The fraction of sp³-hybridized carbons (Fsp3) is 0.304. The van der Waals surface area contributed by atoms with Crippen LogP contribution in [0.5, 0.6) is 0 Å². The van der Waals surface area contributed by atoms with E-state index in [4.69, 9.17) is 5.73 Å². The second kappa shape index (κ2) is 7.88. The largest absolute Gasteiger partial charge is 0.402 e. The molecule has 0 aliphatic heterocycles. The van der Waals surface area contributed by atoms with Gasteiger partial charge in [-0.3, -0.25) is 0 Å². The molecule has 136 valence electrons. The summed E-state index contributed by atoms with van der Waals surface area (Å²) in [6, 6.07) is 13.8. The molecule has 0 spiro atoms. The minimum Gasteiger partial charge on any atom is -0.402 e. The minimum absolute atomic E-state index is 0.186. The summed E-state index contributed by atoms with van der Waals surface area (Å²) in [5.41, 5.74) is 12.1. The van der Waals surface area contributed by atoms with Gasteiger partial charge in [-0.05, 0) is 62.1 Å². The molecule has 0 aromatic heterocycles. The Kier molecular flexibility index (Phi) is 5.58. The highest BCUT2D eigenvalue weighted by molar-refractivity contribution is 5.65. The third-order valence-corrected chi connectivity index (χ3v) is 5.39. The number of nitrogens with two attached hydrogens (primary N) is 1. The van der Waals surface area contributed by atoms with Gasteiger partial charge in [0.25, 0.3) is 0 Å². The van der Waals surface area contributed by atoms with Crippen LogP contribution in [0.1, 0.15) is 24.0 Å². The van der Waals surface area contributed by atoms with E-state index in [2.05, 4.69) is 24.0 Å². The molecule has 0 amide bonds. The van der Waals surface area contributed by atoms with Crippen LogP contribution in [0.3, 0.4) is 0 Å². The molecule has 2 unspecified atom stereocenters. The van der Waals surface area contributed by atoms with Crippen LogP contribution in [0.2, 0.25) is 0 Å². The van der Waals surface area contributed by atoms with Gasteiger partial charge in [0.05, 0.1) is 0 Å². The molecule has 0 saturated heterocycles. The Morgan fingerprint density at radius 3 is 2.81 bits per heavy atom. The second-order valence-electron chi connectivity index (χ2n) is 7.11. The van der Waals surface area contributed by atoms with E-state index < -0.39 is 0 Å². The standard InChI is InChI=1S/C23H27FN2/c1-4-18-20(23(26-3)11-10-22(18)25)14-16-6-5-7-17(13-16)19-12-15(2)8-9-21(19)24/h4-9,12-13,20,23,26H,1,10-11,14,25H2,2-3H3. The Hall–Kier alpha value is -2.39. The molecule has 0 heterocycles. The highest BCUT2D eigenvalue weighted by Crippen LogP contribution is 2.33. The Labute approximate surface area is 155 Å². The molecule has 0 fully saturated rings. The SMILES string of the molecule is C=CC1=C(N)CCC(NC)C1Cc1cccc(-c2cc(C)ccc2F)c1. The molecule has 2 nitrogen and oxygen atoms in total. The van der Waals surface area contributed by atoms with E-state index in [0.717, 1.165) is 41.7 Å². The Morgan fingerprint density at radius 2 is 2.08 bits per heavy atom. The molecular weight excluding hydrogens is 323 g/mol. The molecule has 26 heavy (non-hydrogen) atoms. The molecule has 1 aliphatic rings. The summed E-state index contributed by atoms with van der Waals surface area (Å²) < 4.78 is 14.3. The summed E-state index contributed by atoms with van der Waals surface area (Å²) in [6.07, 6.45) is 4.68. The van der Waals surface area contributed by atoms with Gasteiger partial charge in [0, 0.05) is 23.2 Å². The maximum atomic E-state index is 14.3. The second-order valence-corrected chi connectivity index (χ2v) is 7.11. The first kappa shape index (κ1) is 18.4. The lowest BCUT2D eigenvalue weighted by Gasteiger charge is -2.33. The van der Waals surface area contributed by atoms with Crippen molar-refractivity contribution in [2.24, 2.45) is 11.7 Å². The number of halogens is 1. The number of allylic oxidation sites excluding steroid dienone is 2. The third-order valence-electron chi connectivity index (χ3n) is 5.39. The molecule has 2 aromatic carbocycles. The lowest BCUT2D eigenvalue weighted by Crippen LogP contribution is -2.39. The first-order valence-electron chi connectivity index (χ1n) is 9.17. The van der Waals surface area contributed by atoms with Gasteiger partial charge in [0.15, 0.2) is 0 Å². The van der Waals surface area contributed by atoms with Gasteiger partial charge in [-0.15, -0.1) is 0 Å². The molecule has 0 radical (unpaired) electrons. The summed E-state index contributed by atoms with van der Waals surface area (Å²) in [4.78, 5) is 0. The van der Waals surface area contributed by atoms with Gasteiger partial charge in [-0.2, -0.15) is 0 Å². The van der Waals surface area contributed by atoms with Crippen LogP contribution in [0.4, 0.5) is 4.39 Å². The average Bonchev–Trinajstić information content (AvgIpc) is 2.64. The maximum absolute atomic E-state index is 14.3. The molecule has 1 aliphatic carbocycles. The highest BCUT2D eigenvalue weighted by Gasteiger charge is 2.28. The van der Waals surface area contributed by atoms with Crippen LogP contribution in [0.25, 0.3) is 11.1 Å². The zero-order valence-corrected chi connectivity index (χ0v) is 15.6. The van der Waals surface area contributed by atoms with Gasteiger partial charge < -0.3 is 11.1 Å². The van der Waals surface area contributed by atoms with Crippen molar-refractivity contribution < 1.29 is 4.39 Å². The third kappa shape index (κ3) is 3.73. The van der Waals surface area contributed by atoms with Crippen molar-refractivity contribution in [2.75, 3.05) is 7.05 Å². The van der Waals surface area contributed by atoms with E-state index in [9.17, 15) is 4.39 Å². The van der Waals surface area contributed by atoms with Crippen LogP contribution < -0.4 is 11.1 Å². The summed E-state index contributed by atoms with van der Waals surface area (Å²) >= 11 is 0. The lowest BCUT2D eigenvalue weighted by molar-refractivity contribution is 0.374. The van der Waals surface area contributed by atoms with Crippen LogP contribution >= 0.6 is 0 Å². The number of nitrogens with one attached hydrogen (secondary N) is 1. The van der Waals surface area contributed by atoms with Gasteiger partial charge >= 0.3 is 0 Å². The van der Waals surface area contributed by atoms with Crippen molar-refractivity contribution in [1.29, 1.82) is 0 Å². The van der Waals surface area contributed by atoms with Crippen LogP contribution in [0.15, 0.2) is 66.4 Å². The molecule has 2 aromatic rings. The van der Waals surface area contributed by atoms with E-state index in [0.29, 0.717) is 11.6 Å². The van der Waals surface area contributed by atoms with E-state index in [1.807, 2.05) is 38.2 Å². The number of aryl methyl sites for hydroxylation is 1. The summed E-state index contributed by atoms with van der Waals surface area (Å²) in [5.74, 6) is 0.0956. The molecule has 3 rings (SSSR count). The predicted octanol–water partition coefficient (Wildman–Crippen LogP) is 4.74. The number of rotatable bonds is 5. The summed E-state index contributed by atoms with van der Waals surface area (Å²) in [5, 5.41) is 3.42. The van der Waals surface area contributed by atoms with Crippen molar-refractivity contribution in [3.8, 4) is 11.1 Å². The van der Waals surface area contributed by atoms with Crippen LogP contribution in [-0.4, -0.2) is 13.1 Å². The summed E-state index contributed by atoms with van der Waals surface area (Å²) in [7, 11) is 2.00. The van der Waals surface area contributed by atoms with E-state index in [1.165, 1.54) is 11.6 Å². The van der Waals surface area contributed by atoms with E-state index in [-0.39, 0.29) is 11.7 Å². The molecule has 3 N–H and O–H groups in total. The molecule has 0 saturated carbocycles. The number of hydrogen-bond acceptors (Lipinski definition) is 2. The number of hydrogen-bond donors (Lipinski definition) is 2. The van der Waals surface area contributed by atoms with Gasteiger partial charge in [-0.25, -0.2) is 4.39 Å². The van der Waals surface area contributed by atoms with Crippen molar-refractivity contribution in [3.63, 3.8) is 0 Å². The normalized spacial score (nSPS) is 20.3. The molecule has 2 atom stereocenters. The zero-order chi connectivity index (χ0) is 18.7. The van der Waals surface area contributed by atoms with Crippen molar-refractivity contribution in [3.05, 3.63) is 83.3 Å². The first-order chi connectivity index (χ1) is 12.5.